The van der Waals surface area contributed by atoms with E-state index in [0.29, 0.717) is 37.4 Å². The van der Waals surface area contributed by atoms with Crippen molar-refractivity contribution in [2.24, 2.45) is 0 Å². The first kappa shape index (κ1) is 25.4. The Bertz CT molecular complexity index is 1050. The van der Waals surface area contributed by atoms with Crippen LogP contribution in [0.15, 0.2) is 30.3 Å². The number of aryl methyl sites for hydroxylation is 2. The van der Waals surface area contributed by atoms with Crippen LogP contribution >= 0.6 is 0 Å². The van der Waals surface area contributed by atoms with Crippen LogP contribution in [0, 0.1) is 13.8 Å². The zero-order valence-corrected chi connectivity index (χ0v) is 20.7. The van der Waals surface area contributed by atoms with E-state index in [9.17, 15) is 14.4 Å². The van der Waals surface area contributed by atoms with Crippen molar-refractivity contribution >= 4 is 17.7 Å². The fourth-order valence-corrected chi connectivity index (χ4v) is 4.54. The number of methoxy groups -OCH3 is 2. The smallest absolute Gasteiger partial charge is 0.241 e. The number of imide groups is 1. The van der Waals surface area contributed by atoms with Gasteiger partial charge >= 0.3 is 0 Å². The molecule has 2 heterocycles. The second-order valence-corrected chi connectivity index (χ2v) is 8.80. The minimum atomic E-state index is -1.31. The van der Waals surface area contributed by atoms with Gasteiger partial charge in [0, 0.05) is 58.0 Å². The molecule has 0 bridgehead atoms. The number of ether oxygens (including phenoxy) is 2. The van der Waals surface area contributed by atoms with Gasteiger partial charge in [-0.05, 0) is 32.4 Å². The molecular formula is C25H34N4O5. The number of carbonyl (C=O) groups excluding carboxylic acids is 3. The van der Waals surface area contributed by atoms with E-state index in [1.807, 2.05) is 24.6 Å². The lowest BCUT2D eigenvalue weighted by molar-refractivity contribution is -0.142. The number of likely N-dealkylation sites (N-methyl/N-ethyl adjacent to an activating group) is 1. The number of hydrogen-bond donors (Lipinski definition) is 0. The average molecular weight is 471 g/mol. The van der Waals surface area contributed by atoms with E-state index in [1.165, 1.54) is 12.0 Å². The number of para-hydroxylation sites is 1. The van der Waals surface area contributed by atoms with Crippen LogP contribution in [-0.4, -0.2) is 78.3 Å². The first-order valence-corrected chi connectivity index (χ1v) is 11.5. The van der Waals surface area contributed by atoms with Crippen LogP contribution in [0.1, 0.15) is 36.2 Å². The minimum absolute atomic E-state index is 0.0732. The van der Waals surface area contributed by atoms with E-state index in [1.54, 1.807) is 43.3 Å². The summed E-state index contributed by atoms with van der Waals surface area (Å²) in [6.45, 7) is 5.56. The molecule has 34 heavy (non-hydrogen) atoms. The fourth-order valence-electron chi connectivity index (χ4n) is 4.54. The van der Waals surface area contributed by atoms with Gasteiger partial charge in [0.2, 0.25) is 17.7 Å². The molecule has 1 aliphatic heterocycles. The molecule has 9 nitrogen and oxygen atoms in total. The molecule has 9 heteroatoms. The molecule has 1 unspecified atom stereocenters. The van der Waals surface area contributed by atoms with Crippen LogP contribution in [0.2, 0.25) is 0 Å². The highest BCUT2D eigenvalue weighted by Gasteiger charge is 2.54. The Morgan fingerprint density at radius 2 is 1.91 bits per heavy atom. The van der Waals surface area contributed by atoms with Crippen molar-refractivity contribution in [2.45, 2.75) is 45.1 Å². The molecule has 0 saturated carbocycles. The molecule has 1 fully saturated rings. The van der Waals surface area contributed by atoms with E-state index in [-0.39, 0.29) is 37.1 Å². The molecular weight excluding hydrogens is 436 g/mol. The van der Waals surface area contributed by atoms with Crippen molar-refractivity contribution in [1.29, 1.82) is 0 Å². The van der Waals surface area contributed by atoms with Crippen LogP contribution in [0.5, 0.6) is 5.75 Å². The van der Waals surface area contributed by atoms with Gasteiger partial charge in [-0.2, -0.15) is 5.10 Å². The van der Waals surface area contributed by atoms with Gasteiger partial charge in [0.05, 0.1) is 24.8 Å². The Morgan fingerprint density at radius 1 is 1.18 bits per heavy atom. The van der Waals surface area contributed by atoms with E-state index >= 15 is 0 Å². The predicted molar refractivity (Wildman–Crippen MR) is 126 cm³/mol. The normalized spacial score (nSPS) is 18.0. The lowest BCUT2D eigenvalue weighted by Crippen LogP contribution is -2.43. The van der Waals surface area contributed by atoms with Gasteiger partial charge in [-0.25, -0.2) is 0 Å². The summed E-state index contributed by atoms with van der Waals surface area (Å²) >= 11 is 0. The van der Waals surface area contributed by atoms with E-state index in [2.05, 4.69) is 5.10 Å². The molecule has 2 aromatic rings. The highest BCUT2D eigenvalue weighted by Crippen LogP contribution is 2.44. The van der Waals surface area contributed by atoms with Crippen LogP contribution in [-0.2, 0) is 31.1 Å². The summed E-state index contributed by atoms with van der Waals surface area (Å²) in [7, 11) is 4.81. The number of carbonyl (C=O) groups is 3. The molecule has 0 N–H and O–H groups in total. The number of amides is 3. The Hall–Kier alpha value is -3.20. The van der Waals surface area contributed by atoms with E-state index in [0.717, 1.165) is 11.4 Å². The second-order valence-electron chi connectivity index (χ2n) is 8.80. The number of benzene rings is 1. The summed E-state index contributed by atoms with van der Waals surface area (Å²) in [5, 5.41) is 4.44. The van der Waals surface area contributed by atoms with Gasteiger partial charge in [-0.15, -0.1) is 0 Å². The Balaban J connectivity index is 1.86. The molecule has 3 amide bonds. The average Bonchev–Trinajstić information content (AvgIpc) is 3.27. The summed E-state index contributed by atoms with van der Waals surface area (Å²) < 4.78 is 12.5. The Kier molecular flexibility index (Phi) is 8.09. The lowest BCUT2D eigenvalue weighted by atomic mass is 9.75. The molecule has 1 aromatic carbocycles. The summed E-state index contributed by atoms with van der Waals surface area (Å²) in [4.78, 5) is 42.9. The van der Waals surface area contributed by atoms with Gasteiger partial charge in [0.25, 0.3) is 0 Å². The standard InChI is InChI=1S/C25H34N4O5/c1-18-15-19(2)29(26-18)13-12-27(3)22(30)16-25(20-9-6-7-10-21(20)34-5)17-23(31)28(24(25)32)11-8-14-33-4/h6-7,9-10,15H,8,11-14,16-17H2,1-5H3. The molecule has 1 saturated heterocycles. The first-order valence-electron chi connectivity index (χ1n) is 11.5. The molecule has 3 rings (SSSR count). The molecule has 1 aromatic heterocycles. The SMILES string of the molecule is COCCCN1C(=O)CC(CC(=O)N(C)CCn2nc(C)cc2C)(c2ccccc2OC)C1=O. The molecule has 184 valence electrons. The van der Waals surface area contributed by atoms with Gasteiger partial charge in [0.15, 0.2) is 0 Å². The monoisotopic (exact) mass is 470 g/mol. The largest absolute Gasteiger partial charge is 0.496 e. The number of nitrogens with zero attached hydrogens (tertiary/aromatic N) is 4. The zero-order chi connectivity index (χ0) is 24.9. The third kappa shape index (κ3) is 5.14. The maximum Gasteiger partial charge on any atom is 0.241 e. The third-order valence-electron chi connectivity index (χ3n) is 6.39. The number of aromatic nitrogens is 2. The molecule has 0 aliphatic carbocycles. The number of likely N-dealkylation sites (tertiary alicyclic amines) is 1. The van der Waals surface area contributed by atoms with Crippen molar-refractivity contribution in [3.63, 3.8) is 0 Å². The van der Waals surface area contributed by atoms with Crippen molar-refractivity contribution in [3.8, 4) is 5.75 Å². The highest BCUT2D eigenvalue weighted by atomic mass is 16.5. The van der Waals surface area contributed by atoms with Crippen LogP contribution in [0.25, 0.3) is 0 Å². The summed E-state index contributed by atoms with van der Waals surface area (Å²) in [5.74, 6) is -0.378. The van der Waals surface area contributed by atoms with Crippen LogP contribution < -0.4 is 4.74 Å². The molecule has 0 spiro atoms. The fraction of sp³-hybridized carbons (Fsp3) is 0.520. The Labute approximate surface area is 200 Å². The summed E-state index contributed by atoms with van der Waals surface area (Å²) in [5.41, 5.74) is 1.20. The summed E-state index contributed by atoms with van der Waals surface area (Å²) in [6, 6.07) is 9.10. The summed E-state index contributed by atoms with van der Waals surface area (Å²) in [6.07, 6.45) is 0.342. The number of hydrogen-bond acceptors (Lipinski definition) is 6. The van der Waals surface area contributed by atoms with Gasteiger partial charge in [-0.3, -0.25) is 24.0 Å². The zero-order valence-electron chi connectivity index (χ0n) is 20.7. The minimum Gasteiger partial charge on any atom is -0.496 e. The predicted octanol–water partition coefficient (Wildman–Crippen LogP) is 2.09. The van der Waals surface area contributed by atoms with Gasteiger partial charge in [0.1, 0.15) is 5.75 Å². The van der Waals surface area contributed by atoms with Crippen molar-refractivity contribution in [1.82, 2.24) is 19.6 Å². The van der Waals surface area contributed by atoms with Crippen LogP contribution in [0.3, 0.4) is 0 Å². The maximum absolute atomic E-state index is 13.7. The van der Waals surface area contributed by atoms with Crippen molar-refractivity contribution in [2.75, 3.05) is 41.0 Å². The van der Waals surface area contributed by atoms with Crippen molar-refractivity contribution < 1.29 is 23.9 Å². The van der Waals surface area contributed by atoms with E-state index < -0.39 is 5.41 Å². The maximum atomic E-state index is 13.7. The quantitative estimate of drug-likeness (QED) is 0.369. The van der Waals surface area contributed by atoms with Gasteiger partial charge in [-0.1, -0.05) is 18.2 Å². The molecule has 1 aliphatic rings. The third-order valence-corrected chi connectivity index (χ3v) is 6.39. The molecule has 1 atom stereocenters. The van der Waals surface area contributed by atoms with Gasteiger partial charge < -0.3 is 14.4 Å². The van der Waals surface area contributed by atoms with E-state index in [4.69, 9.17) is 9.47 Å². The number of rotatable bonds is 11. The van der Waals surface area contributed by atoms with Crippen molar-refractivity contribution in [3.05, 3.63) is 47.3 Å². The second kappa shape index (κ2) is 10.8. The lowest BCUT2D eigenvalue weighted by Gasteiger charge is -2.30. The van der Waals surface area contributed by atoms with Crippen LogP contribution in [0.4, 0.5) is 0 Å². The topological polar surface area (TPSA) is 94.0 Å². The molecule has 0 radical (unpaired) electrons. The highest BCUT2D eigenvalue weighted by molar-refractivity contribution is 6.11. The first-order chi connectivity index (χ1) is 16.2. The Morgan fingerprint density at radius 3 is 2.56 bits per heavy atom.